The lowest BCUT2D eigenvalue weighted by Gasteiger charge is -2.30. The second kappa shape index (κ2) is 9.39. The Morgan fingerprint density at radius 1 is 1.17 bits per heavy atom. The summed E-state index contributed by atoms with van der Waals surface area (Å²) in [5.74, 6) is 1.00. The minimum absolute atomic E-state index is 0.0407. The van der Waals surface area contributed by atoms with Gasteiger partial charge in [0, 0.05) is 45.2 Å². The van der Waals surface area contributed by atoms with Gasteiger partial charge in [0.2, 0.25) is 0 Å². The Bertz CT molecular complexity index is 838. The molecule has 1 saturated heterocycles. The fourth-order valence-corrected chi connectivity index (χ4v) is 3.96. The lowest BCUT2D eigenvalue weighted by molar-refractivity contribution is -0.123. The van der Waals surface area contributed by atoms with E-state index >= 15 is 0 Å². The maximum absolute atomic E-state index is 12.2. The summed E-state index contributed by atoms with van der Waals surface area (Å²) in [6, 6.07) is 16.3. The molecule has 0 aromatic heterocycles. The van der Waals surface area contributed by atoms with Crippen LogP contribution in [0.1, 0.15) is 22.6 Å². The van der Waals surface area contributed by atoms with Gasteiger partial charge in [0.15, 0.2) is 6.61 Å². The molecule has 0 radical (unpaired) electrons. The van der Waals surface area contributed by atoms with Crippen molar-refractivity contribution in [1.29, 1.82) is 0 Å². The number of ether oxygens (including phenoxy) is 1. The molecule has 3 N–H and O–H groups in total. The third-order valence-corrected chi connectivity index (χ3v) is 5.71. The van der Waals surface area contributed by atoms with E-state index in [2.05, 4.69) is 45.9 Å². The predicted octanol–water partition coefficient (Wildman–Crippen LogP) is 1.29. The maximum Gasteiger partial charge on any atom is 0.258 e. The third kappa shape index (κ3) is 5.15. The zero-order valence-electron chi connectivity index (χ0n) is 16.6. The summed E-state index contributed by atoms with van der Waals surface area (Å²) in [5, 5.41) is 16.4. The lowest BCUT2D eigenvalue weighted by atomic mass is 9.93. The van der Waals surface area contributed by atoms with Crippen LogP contribution in [0.4, 0.5) is 0 Å². The van der Waals surface area contributed by atoms with Crippen molar-refractivity contribution in [2.24, 2.45) is 0 Å². The van der Waals surface area contributed by atoms with Crippen LogP contribution in [0.15, 0.2) is 48.5 Å². The Labute approximate surface area is 171 Å². The molecule has 1 unspecified atom stereocenters. The van der Waals surface area contributed by atoms with Crippen molar-refractivity contribution in [1.82, 2.24) is 15.5 Å². The highest BCUT2D eigenvalue weighted by atomic mass is 16.5. The molecule has 6 heteroatoms. The zero-order chi connectivity index (χ0) is 20.1. The minimum atomic E-state index is -0.599. The average molecular weight is 396 g/mol. The van der Waals surface area contributed by atoms with Crippen LogP contribution in [-0.4, -0.2) is 61.3 Å². The highest BCUT2D eigenvalue weighted by Crippen LogP contribution is 2.28. The van der Waals surface area contributed by atoms with Gasteiger partial charge in [-0.3, -0.25) is 9.69 Å². The van der Waals surface area contributed by atoms with Crippen molar-refractivity contribution >= 4 is 5.91 Å². The van der Waals surface area contributed by atoms with Gasteiger partial charge < -0.3 is 20.5 Å². The first-order valence-corrected chi connectivity index (χ1v) is 10.4. The van der Waals surface area contributed by atoms with E-state index < -0.39 is 6.10 Å². The highest BCUT2D eigenvalue weighted by molar-refractivity contribution is 5.77. The Kier molecular flexibility index (Phi) is 6.44. The number of carbonyl (C=O) groups excluding carboxylic acids is 1. The van der Waals surface area contributed by atoms with Gasteiger partial charge in [-0.2, -0.15) is 0 Å². The molecule has 2 aromatic rings. The number of aliphatic hydroxyl groups excluding tert-OH is 1. The topological polar surface area (TPSA) is 73.8 Å². The number of nitrogens with zero attached hydrogens (tertiary/aromatic N) is 1. The fourth-order valence-electron chi connectivity index (χ4n) is 3.96. The smallest absolute Gasteiger partial charge is 0.258 e. The van der Waals surface area contributed by atoms with Crippen LogP contribution < -0.4 is 15.4 Å². The standard InChI is InChI=1S/C23H29N3O3/c27-20(15-26-10-9-17-5-1-2-6-18(17)14-26)13-25-23(28)16-29-22-8-4-3-7-21(22)19-11-24-12-19/h1-8,19-20,24,27H,9-16H2,(H,25,28). The summed E-state index contributed by atoms with van der Waals surface area (Å²) in [6.07, 6.45) is 0.400. The van der Waals surface area contributed by atoms with Gasteiger partial charge in [-0.25, -0.2) is 0 Å². The SMILES string of the molecule is O=C(COc1ccccc1C1CNC1)NCC(O)CN1CCc2ccccc2C1. The first kappa shape index (κ1) is 19.9. The van der Waals surface area contributed by atoms with Crippen LogP contribution in [0.3, 0.4) is 0 Å². The maximum atomic E-state index is 12.2. The highest BCUT2D eigenvalue weighted by Gasteiger charge is 2.22. The van der Waals surface area contributed by atoms with Gasteiger partial charge >= 0.3 is 0 Å². The normalized spacial score (nSPS) is 17.8. The molecule has 0 spiro atoms. The Balaban J connectivity index is 1.19. The summed E-state index contributed by atoms with van der Waals surface area (Å²) in [7, 11) is 0. The second-order valence-corrected chi connectivity index (χ2v) is 7.89. The molecular weight excluding hydrogens is 366 g/mol. The molecule has 1 amide bonds. The van der Waals surface area contributed by atoms with Crippen LogP contribution in [0.25, 0.3) is 0 Å². The molecule has 1 fully saturated rings. The summed E-state index contributed by atoms with van der Waals surface area (Å²) in [4.78, 5) is 14.4. The third-order valence-electron chi connectivity index (χ3n) is 5.71. The fraction of sp³-hybridized carbons (Fsp3) is 0.435. The molecule has 29 heavy (non-hydrogen) atoms. The number of rotatable bonds is 8. The Morgan fingerprint density at radius 2 is 1.93 bits per heavy atom. The van der Waals surface area contributed by atoms with Crippen molar-refractivity contribution in [2.75, 3.05) is 39.3 Å². The number of hydrogen-bond acceptors (Lipinski definition) is 5. The van der Waals surface area contributed by atoms with E-state index in [1.165, 1.54) is 11.1 Å². The number of β-amino-alcohol motifs (C(OH)–C–C–N with tert-alkyl or cyclic N) is 1. The lowest BCUT2D eigenvalue weighted by Crippen LogP contribution is -2.43. The molecular formula is C23H29N3O3. The van der Waals surface area contributed by atoms with Gasteiger partial charge in [-0.1, -0.05) is 42.5 Å². The molecule has 6 nitrogen and oxygen atoms in total. The molecule has 1 atom stereocenters. The molecule has 2 aliphatic heterocycles. The van der Waals surface area contributed by atoms with E-state index in [9.17, 15) is 9.90 Å². The number of carbonyl (C=O) groups is 1. The summed E-state index contributed by atoms with van der Waals surface area (Å²) < 4.78 is 5.75. The van der Waals surface area contributed by atoms with E-state index in [4.69, 9.17) is 4.74 Å². The summed E-state index contributed by atoms with van der Waals surface area (Å²) >= 11 is 0. The van der Waals surface area contributed by atoms with Crippen molar-refractivity contribution in [2.45, 2.75) is 25.0 Å². The van der Waals surface area contributed by atoms with E-state index in [1.807, 2.05) is 18.2 Å². The van der Waals surface area contributed by atoms with Crippen LogP contribution in [0.2, 0.25) is 0 Å². The van der Waals surface area contributed by atoms with E-state index in [-0.39, 0.29) is 19.1 Å². The molecule has 0 saturated carbocycles. The molecule has 4 rings (SSSR count). The van der Waals surface area contributed by atoms with Crippen molar-refractivity contribution in [3.63, 3.8) is 0 Å². The van der Waals surface area contributed by atoms with Gasteiger partial charge in [-0.15, -0.1) is 0 Å². The molecule has 154 valence electrons. The zero-order valence-corrected chi connectivity index (χ0v) is 16.6. The van der Waals surface area contributed by atoms with Gasteiger partial charge in [0.25, 0.3) is 5.91 Å². The molecule has 2 aromatic carbocycles. The molecule has 0 bridgehead atoms. The van der Waals surface area contributed by atoms with Crippen molar-refractivity contribution in [3.8, 4) is 5.75 Å². The van der Waals surface area contributed by atoms with Crippen LogP contribution in [0.5, 0.6) is 5.75 Å². The first-order chi connectivity index (χ1) is 14.2. The number of amides is 1. The van der Waals surface area contributed by atoms with Crippen LogP contribution >= 0.6 is 0 Å². The number of nitrogens with one attached hydrogen (secondary N) is 2. The van der Waals surface area contributed by atoms with E-state index in [0.717, 1.165) is 43.9 Å². The number of benzene rings is 2. The number of fused-ring (bicyclic) bond motifs is 1. The van der Waals surface area contributed by atoms with Gasteiger partial charge in [0.1, 0.15) is 5.75 Å². The molecule has 0 aliphatic carbocycles. The van der Waals surface area contributed by atoms with E-state index in [0.29, 0.717) is 12.5 Å². The summed E-state index contributed by atoms with van der Waals surface area (Å²) in [5.41, 5.74) is 3.86. The monoisotopic (exact) mass is 395 g/mol. The largest absolute Gasteiger partial charge is 0.483 e. The predicted molar refractivity (Wildman–Crippen MR) is 112 cm³/mol. The van der Waals surface area contributed by atoms with E-state index in [1.54, 1.807) is 0 Å². The van der Waals surface area contributed by atoms with Crippen molar-refractivity contribution < 1.29 is 14.6 Å². The number of hydrogen-bond donors (Lipinski definition) is 3. The Hall–Kier alpha value is -2.41. The average Bonchev–Trinajstić information content (AvgIpc) is 2.70. The summed E-state index contributed by atoms with van der Waals surface area (Å²) in [6.45, 7) is 4.40. The molecule has 2 aliphatic rings. The van der Waals surface area contributed by atoms with Crippen LogP contribution in [-0.2, 0) is 17.8 Å². The molecule has 2 heterocycles. The van der Waals surface area contributed by atoms with Crippen molar-refractivity contribution in [3.05, 3.63) is 65.2 Å². The minimum Gasteiger partial charge on any atom is -0.483 e. The number of aliphatic hydroxyl groups is 1. The second-order valence-electron chi connectivity index (χ2n) is 7.89. The van der Waals surface area contributed by atoms with Gasteiger partial charge in [0.05, 0.1) is 6.10 Å². The van der Waals surface area contributed by atoms with Gasteiger partial charge in [-0.05, 0) is 29.2 Å². The Morgan fingerprint density at radius 3 is 2.72 bits per heavy atom. The quantitative estimate of drug-likeness (QED) is 0.628. The first-order valence-electron chi connectivity index (χ1n) is 10.4. The number of para-hydroxylation sites is 1. The van der Waals surface area contributed by atoms with Crippen LogP contribution in [0, 0.1) is 0 Å².